The van der Waals surface area contributed by atoms with Gasteiger partial charge in [-0.05, 0) is 100 Å². The van der Waals surface area contributed by atoms with Gasteiger partial charge in [0.2, 0.25) is 0 Å². The van der Waals surface area contributed by atoms with Gasteiger partial charge in [0.05, 0.1) is 12.2 Å². The van der Waals surface area contributed by atoms with E-state index >= 15 is 0 Å². The van der Waals surface area contributed by atoms with E-state index in [0.29, 0.717) is 6.54 Å². The number of benzene rings is 6. The molecule has 6 aromatic carbocycles. The Bertz CT molecular complexity index is 2550. The summed E-state index contributed by atoms with van der Waals surface area (Å²) in [5, 5.41) is 11.0. The molecule has 10 rings (SSSR count). The molecule has 0 amide bonds. The summed E-state index contributed by atoms with van der Waals surface area (Å²) in [5.74, 6) is 0.828. The average Bonchev–Trinajstić information content (AvgIpc) is 3.31. The molecular formula is C43H33N2O3P. The zero-order valence-electron chi connectivity index (χ0n) is 26.9. The molecule has 2 aliphatic carbocycles. The van der Waals surface area contributed by atoms with E-state index in [-0.39, 0.29) is 5.41 Å². The lowest BCUT2D eigenvalue weighted by Gasteiger charge is -2.44. The van der Waals surface area contributed by atoms with Gasteiger partial charge in [0.15, 0.2) is 0 Å². The van der Waals surface area contributed by atoms with Crippen molar-refractivity contribution in [1.82, 2.24) is 4.98 Å². The molecule has 0 fully saturated rings. The van der Waals surface area contributed by atoms with E-state index in [4.69, 9.17) is 12.9 Å². The van der Waals surface area contributed by atoms with Crippen LogP contribution in [-0.2, 0) is 24.8 Å². The lowest BCUT2D eigenvalue weighted by Crippen LogP contribution is -2.36. The Labute approximate surface area is 284 Å². The Balaban J connectivity index is 1.23. The van der Waals surface area contributed by atoms with Gasteiger partial charge in [-0.15, -0.1) is 0 Å². The maximum Gasteiger partial charge on any atom is 0.453 e. The fourth-order valence-electron chi connectivity index (χ4n) is 8.47. The zero-order valence-corrected chi connectivity index (χ0v) is 27.8. The Morgan fingerprint density at radius 2 is 1.27 bits per heavy atom. The second-order valence-corrected chi connectivity index (χ2v) is 14.2. The van der Waals surface area contributed by atoms with E-state index in [0.717, 1.165) is 64.8 Å². The molecule has 1 atom stereocenters. The van der Waals surface area contributed by atoms with Gasteiger partial charge < -0.3 is 18.2 Å². The van der Waals surface area contributed by atoms with Crippen LogP contribution in [0.25, 0.3) is 43.5 Å². The standard InChI is InChI=1S/C43H33N2O3P/c1-3-16-36-33(14-1)34-15-2-4-17-37(34)47-49(46-36)48-38-21-19-29-10-8-12-31-23-25-43(42(38)40(29)31)24-22-30-11-7-9-28-18-20-35(41(43)39(28)30)45-27-32-13-5-6-26-44-32/h1-21,26,45H,22-25,27H2/t43-/m0/s1. The second kappa shape index (κ2) is 11.3. The lowest BCUT2D eigenvalue weighted by atomic mass is 9.59. The number of rotatable bonds is 5. The third-order valence-corrected chi connectivity index (χ3v) is 11.6. The second-order valence-electron chi connectivity index (χ2n) is 13.2. The van der Waals surface area contributed by atoms with Gasteiger partial charge in [-0.1, -0.05) is 91.0 Å². The number of pyridine rings is 1. The van der Waals surface area contributed by atoms with Gasteiger partial charge in [0.25, 0.3) is 0 Å². The van der Waals surface area contributed by atoms with Crippen molar-refractivity contribution >= 4 is 57.4 Å². The Morgan fingerprint density at radius 1 is 0.633 bits per heavy atom. The Hall–Kier alpha value is -5.51. The number of anilines is 1. The van der Waals surface area contributed by atoms with Crippen LogP contribution in [0.5, 0.6) is 5.75 Å². The molecule has 2 heterocycles. The number of fused-ring (bicyclic) bond motifs is 5. The fourth-order valence-corrected chi connectivity index (χ4v) is 9.54. The van der Waals surface area contributed by atoms with Crippen LogP contribution in [0.1, 0.15) is 40.8 Å². The minimum Gasteiger partial charge on any atom is -0.390 e. The van der Waals surface area contributed by atoms with Crippen LogP contribution in [0.3, 0.4) is 0 Å². The predicted molar refractivity (Wildman–Crippen MR) is 199 cm³/mol. The van der Waals surface area contributed by atoms with E-state index in [9.17, 15) is 0 Å². The zero-order chi connectivity index (χ0) is 32.4. The van der Waals surface area contributed by atoms with Gasteiger partial charge in [-0.25, -0.2) is 0 Å². The van der Waals surface area contributed by atoms with Crippen LogP contribution < -0.4 is 9.84 Å². The summed E-state index contributed by atoms with van der Waals surface area (Å²) >= 11 is 0. The summed E-state index contributed by atoms with van der Waals surface area (Å²) in [7, 11) is -1.81. The number of hydrogen-bond acceptors (Lipinski definition) is 5. The van der Waals surface area contributed by atoms with Gasteiger partial charge >= 0.3 is 8.24 Å². The first kappa shape index (κ1) is 28.5. The van der Waals surface area contributed by atoms with E-state index < -0.39 is 8.24 Å². The van der Waals surface area contributed by atoms with Gasteiger partial charge in [0, 0.05) is 33.6 Å². The van der Waals surface area contributed by atoms with Gasteiger partial charge in [0.1, 0.15) is 16.9 Å². The van der Waals surface area contributed by atoms with Crippen LogP contribution >= 0.6 is 8.24 Å². The molecule has 8 aromatic rings. The van der Waals surface area contributed by atoms with Crippen molar-refractivity contribution in [3.8, 4) is 5.75 Å². The summed E-state index contributed by atoms with van der Waals surface area (Å²) < 4.78 is 20.2. The van der Waals surface area contributed by atoms with E-state index in [2.05, 4.69) is 89.2 Å². The van der Waals surface area contributed by atoms with Crippen molar-refractivity contribution in [3.63, 3.8) is 0 Å². The van der Waals surface area contributed by atoms with Crippen molar-refractivity contribution in [1.29, 1.82) is 0 Å². The highest BCUT2D eigenvalue weighted by Gasteiger charge is 2.45. The monoisotopic (exact) mass is 656 g/mol. The highest BCUT2D eigenvalue weighted by atomic mass is 31.1. The normalized spacial score (nSPS) is 16.4. The number of para-hydroxylation sites is 2. The number of nitrogens with one attached hydrogen (secondary N) is 1. The molecule has 1 N–H and O–H groups in total. The molecule has 5 nitrogen and oxygen atoms in total. The molecule has 0 saturated carbocycles. The van der Waals surface area contributed by atoms with E-state index in [1.165, 1.54) is 43.8 Å². The first-order chi connectivity index (χ1) is 24.2. The number of nitrogens with zero attached hydrogens (tertiary/aromatic N) is 1. The third-order valence-electron chi connectivity index (χ3n) is 10.6. The molecular weight excluding hydrogens is 623 g/mol. The molecule has 2 aliphatic rings. The first-order valence-corrected chi connectivity index (χ1v) is 18.1. The summed E-state index contributed by atoms with van der Waals surface area (Å²) in [6, 6.07) is 44.7. The lowest BCUT2D eigenvalue weighted by molar-refractivity contribution is 0.410. The van der Waals surface area contributed by atoms with Crippen molar-refractivity contribution in [2.45, 2.75) is 37.6 Å². The summed E-state index contributed by atoms with van der Waals surface area (Å²) in [4.78, 5) is 4.62. The van der Waals surface area contributed by atoms with Crippen LogP contribution in [0.2, 0.25) is 0 Å². The highest BCUT2D eigenvalue weighted by Crippen LogP contribution is 2.58. The van der Waals surface area contributed by atoms with E-state index in [1.54, 1.807) is 0 Å². The van der Waals surface area contributed by atoms with Crippen molar-refractivity contribution < 1.29 is 12.9 Å². The van der Waals surface area contributed by atoms with Crippen LogP contribution in [-0.4, -0.2) is 4.98 Å². The fraction of sp³-hybridized carbons (Fsp3) is 0.140. The van der Waals surface area contributed by atoms with Gasteiger partial charge in [-0.3, -0.25) is 4.98 Å². The number of aryl methyl sites for hydroxylation is 2. The topological polar surface area (TPSA) is 60.4 Å². The SMILES string of the molecule is c1ccc(CNc2ccc3cccc4c3c2[C@]2(CC4)CCc3cccc4ccc(Op5oc6ccccc6c6ccccc6o5)c2c34)nc1. The van der Waals surface area contributed by atoms with Gasteiger partial charge in [-0.2, -0.15) is 0 Å². The molecule has 6 heteroatoms. The first-order valence-electron chi connectivity index (χ1n) is 17.0. The maximum atomic E-state index is 7.04. The molecule has 0 radical (unpaired) electrons. The van der Waals surface area contributed by atoms with Crippen LogP contribution in [0.15, 0.2) is 142 Å². The average molecular weight is 657 g/mol. The molecule has 238 valence electrons. The minimum absolute atomic E-state index is 0.291. The van der Waals surface area contributed by atoms with Crippen LogP contribution in [0.4, 0.5) is 5.69 Å². The predicted octanol–water partition coefficient (Wildman–Crippen LogP) is 11.6. The smallest absolute Gasteiger partial charge is 0.390 e. The number of aromatic nitrogens is 1. The maximum absolute atomic E-state index is 7.04. The molecule has 49 heavy (non-hydrogen) atoms. The van der Waals surface area contributed by atoms with Crippen molar-refractivity contribution in [2.24, 2.45) is 0 Å². The third kappa shape index (κ3) is 4.57. The van der Waals surface area contributed by atoms with Crippen molar-refractivity contribution in [3.05, 3.63) is 162 Å². The van der Waals surface area contributed by atoms with Crippen LogP contribution in [0, 0.1) is 0 Å². The largest absolute Gasteiger partial charge is 0.453 e. The Morgan fingerprint density at radius 3 is 1.94 bits per heavy atom. The Kier molecular flexibility index (Phi) is 6.57. The number of hydrogen-bond donors (Lipinski definition) is 1. The summed E-state index contributed by atoms with van der Waals surface area (Å²) in [6.45, 7) is 0.646. The molecule has 1 spiro atoms. The van der Waals surface area contributed by atoms with E-state index in [1.807, 2.05) is 54.7 Å². The quantitative estimate of drug-likeness (QED) is 0.200. The molecule has 2 aromatic heterocycles. The van der Waals surface area contributed by atoms with Crippen molar-refractivity contribution in [2.75, 3.05) is 5.32 Å². The summed E-state index contributed by atoms with van der Waals surface area (Å²) in [6.07, 6.45) is 5.82. The molecule has 0 aliphatic heterocycles. The summed E-state index contributed by atoms with van der Waals surface area (Å²) in [5.41, 5.74) is 8.78. The minimum atomic E-state index is -1.81. The molecule has 0 bridgehead atoms. The molecule has 0 saturated heterocycles. The highest BCUT2D eigenvalue weighted by molar-refractivity contribution is 7.32. The molecule has 0 unspecified atom stereocenters.